The molecule has 0 fully saturated rings. The summed E-state index contributed by atoms with van der Waals surface area (Å²) in [5.74, 6) is 0.761. The Hall–Kier alpha value is -0.820. The molecule has 0 aliphatic heterocycles. The van der Waals surface area contributed by atoms with Crippen molar-refractivity contribution in [2.24, 2.45) is 5.92 Å². The maximum atomic E-state index is 3.58. The Labute approximate surface area is 93.9 Å². The van der Waals surface area contributed by atoms with Gasteiger partial charge in [0.05, 0.1) is 0 Å². The van der Waals surface area contributed by atoms with Gasteiger partial charge in [-0.3, -0.25) is 0 Å². The quantitative estimate of drug-likeness (QED) is 0.773. The summed E-state index contributed by atoms with van der Waals surface area (Å²) < 4.78 is 0. The van der Waals surface area contributed by atoms with Gasteiger partial charge in [-0.25, -0.2) is 0 Å². The average molecular weight is 205 g/mol. The summed E-state index contributed by atoms with van der Waals surface area (Å²) in [5, 5.41) is 3.58. The molecule has 0 aromatic heterocycles. The molecule has 1 heteroatoms. The van der Waals surface area contributed by atoms with Crippen LogP contribution in [-0.2, 0) is 0 Å². The summed E-state index contributed by atoms with van der Waals surface area (Å²) in [6.07, 6.45) is 1.24. The highest BCUT2D eigenvalue weighted by Gasteiger charge is 2.06. The lowest BCUT2D eigenvalue weighted by molar-refractivity contribution is 0.461. The molecule has 0 spiro atoms. The van der Waals surface area contributed by atoms with Gasteiger partial charge in [-0.15, -0.1) is 0 Å². The van der Waals surface area contributed by atoms with Crippen LogP contribution in [0, 0.1) is 12.8 Å². The zero-order valence-electron chi connectivity index (χ0n) is 10.4. The van der Waals surface area contributed by atoms with Crippen molar-refractivity contribution in [2.45, 2.75) is 40.2 Å². The molecule has 0 amide bonds. The Morgan fingerprint density at radius 2 is 2.00 bits per heavy atom. The van der Waals surface area contributed by atoms with E-state index in [2.05, 4.69) is 57.3 Å². The lowest BCUT2D eigenvalue weighted by atomic mass is 10.0. The van der Waals surface area contributed by atoms with Gasteiger partial charge in [-0.1, -0.05) is 50.1 Å². The number of benzene rings is 1. The van der Waals surface area contributed by atoms with Gasteiger partial charge in [0.1, 0.15) is 0 Å². The lowest BCUT2D eigenvalue weighted by Crippen LogP contribution is -2.24. The largest absolute Gasteiger partial charge is 0.310 e. The van der Waals surface area contributed by atoms with Crippen molar-refractivity contribution in [2.75, 3.05) is 6.54 Å². The fraction of sp³-hybridized carbons (Fsp3) is 0.571. The van der Waals surface area contributed by atoms with E-state index >= 15 is 0 Å². The molecular weight excluding hydrogens is 182 g/mol. The van der Waals surface area contributed by atoms with E-state index in [1.807, 2.05) is 0 Å². The van der Waals surface area contributed by atoms with E-state index in [-0.39, 0.29) is 0 Å². The fourth-order valence-electron chi connectivity index (χ4n) is 1.58. The van der Waals surface area contributed by atoms with Gasteiger partial charge in [-0.05, 0) is 31.9 Å². The molecule has 0 heterocycles. The van der Waals surface area contributed by atoms with E-state index in [0.29, 0.717) is 6.04 Å². The van der Waals surface area contributed by atoms with Crippen molar-refractivity contribution < 1.29 is 0 Å². The van der Waals surface area contributed by atoms with Crippen LogP contribution in [0.2, 0.25) is 0 Å². The van der Waals surface area contributed by atoms with Crippen molar-refractivity contribution in [1.82, 2.24) is 5.32 Å². The Morgan fingerprint density at radius 1 is 1.27 bits per heavy atom. The summed E-state index contributed by atoms with van der Waals surface area (Å²) in [5.41, 5.74) is 2.72. The van der Waals surface area contributed by atoms with Gasteiger partial charge in [0, 0.05) is 6.04 Å². The SMILES string of the molecule is CCC(C)CN[C@@H](C)c1cccc(C)c1. The monoisotopic (exact) mass is 205 g/mol. The van der Waals surface area contributed by atoms with Crippen molar-refractivity contribution in [3.8, 4) is 0 Å². The molecule has 0 aliphatic rings. The van der Waals surface area contributed by atoms with Gasteiger partial charge in [0.2, 0.25) is 0 Å². The predicted molar refractivity (Wildman–Crippen MR) is 67.1 cm³/mol. The third-order valence-corrected chi connectivity index (χ3v) is 3.01. The summed E-state index contributed by atoms with van der Waals surface area (Å²) in [4.78, 5) is 0. The highest BCUT2D eigenvalue weighted by atomic mass is 14.9. The second kappa shape index (κ2) is 5.92. The van der Waals surface area contributed by atoms with Crippen molar-refractivity contribution in [3.63, 3.8) is 0 Å². The van der Waals surface area contributed by atoms with Crippen LogP contribution in [0.1, 0.15) is 44.4 Å². The third-order valence-electron chi connectivity index (χ3n) is 3.01. The Bertz CT molecular complexity index is 293. The van der Waals surface area contributed by atoms with Crippen molar-refractivity contribution in [3.05, 3.63) is 35.4 Å². The second-order valence-electron chi connectivity index (χ2n) is 4.56. The zero-order chi connectivity index (χ0) is 11.3. The molecule has 1 N–H and O–H groups in total. The number of aryl methyl sites for hydroxylation is 1. The molecule has 84 valence electrons. The van der Waals surface area contributed by atoms with E-state index in [0.717, 1.165) is 12.5 Å². The van der Waals surface area contributed by atoms with Gasteiger partial charge < -0.3 is 5.32 Å². The van der Waals surface area contributed by atoms with Gasteiger partial charge in [-0.2, -0.15) is 0 Å². The van der Waals surface area contributed by atoms with Crippen LogP contribution < -0.4 is 5.32 Å². The maximum Gasteiger partial charge on any atom is 0.0291 e. The molecule has 1 aromatic rings. The molecule has 0 saturated carbocycles. The van der Waals surface area contributed by atoms with Gasteiger partial charge >= 0.3 is 0 Å². The first kappa shape index (κ1) is 12.3. The normalized spacial score (nSPS) is 14.9. The summed E-state index contributed by atoms with van der Waals surface area (Å²) in [6.45, 7) is 10.0. The Balaban J connectivity index is 2.50. The van der Waals surface area contributed by atoms with E-state index in [1.165, 1.54) is 17.5 Å². The summed E-state index contributed by atoms with van der Waals surface area (Å²) >= 11 is 0. The third kappa shape index (κ3) is 4.05. The molecule has 1 rings (SSSR count). The maximum absolute atomic E-state index is 3.58. The molecule has 2 atom stereocenters. The minimum atomic E-state index is 0.457. The second-order valence-corrected chi connectivity index (χ2v) is 4.56. The topological polar surface area (TPSA) is 12.0 Å². The predicted octanol–water partition coefficient (Wildman–Crippen LogP) is 3.69. The first-order valence-corrected chi connectivity index (χ1v) is 5.93. The van der Waals surface area contributed by atoms with Crippen molar-refractivity contribution >= 4 is 0 Å². The zero-order valence-corrected chi connectivity index (χ0v) is 10.4. The lowest BCUT2D eigenvalue weighted by Gasteiger charge is -2.17. The minimum absolute atomic E-state index is 0.457. The van der Waals surface area contributed by atoms with E-state index < -0.39 is 0 Å². The van der Waals surface area contributed by atoms with Crippen molar-refractivity contribution in [1.29, 1.82) is 0 Å². The average Bonchev–Trinajstić information content (AvgIpc) is 2.25. The van der Waals surface area contributed by atoms with Crippen LogP contribution in [0.15, 0.2) is 24.3 Å². The number of hydrogen-bond donors (Lipinski definition) is 1. The number of nitrogens with one attached hydrogen (secondary N) is 1. The molecule has 0 radical (unpaired) electrons. The fourth-order valence-corrected chi connectivity index (χ4v) is 1.58. The first-order chi connectivity index (χ1) is 7.13. The van der Waals surface area contributed by atoms with Crippen LogP contribution in [0.4, 0.5) is 0 Å². The first-order valence-electron chi connectivity index (χ1n) is 5.93. The molecule has 1 nitrogen and oxygen atoms in total. The van der Waals surface area contributed by atoms with Gasteiger partial charge in [0.25, 0.3) is 0 Å². The summed E-state index contributed by atoms with van der Waals surface area (Å²) in [6, 6.07) is 9.19. The standard InChI is InChI=1S/C14H23N/c1-5-11(2)10-15-13(4)14-8-6-7-12(3)9-14/h6-9,11,13,15H,5,10H2,1-4H3/t11?,13-/m0/s1. The molecule has 0 saturated heterocycles. The number of rotatable bonds is 5. The Morgan fingerprint density at radius 3 is 2.60 bits per heavy atom. The number of hydrogen-bond acceptors (Lipinski definition) is 1. The molecule has 1 aromatic carbocycles. The summed E-state index contributed by atoms with van der Waals surface area (Å²) in [7, 11) is 0. The smallest absolute Gasteiger partial charge is 0.0291 e. The molecular formula is C14H23N. The van der Waals surface area contributed by atoms with E-state index in [4.69, 9.17) is 0 Å². The molecule has 0 aliphatic carbocycles. The van der Waals surface area contributed by atoms with Crippen LogP contribution in [0.25, 0.3) is 0 Å². The van der Waals surface area contributed by atoms with E-state index in [1.54, 1.807) is 0 Å². The van der Waals surface area contributed by atoms with Gasteiger partial charge in [0.15, 0.2) is 0 Å². The van der Waals surface area contributed by atoms with Crippen LogP contribution >= 0.6 is 0 Å². The molecule has 15 heavy (non-hydrogen) atoms. The molecule has 1 unspecified atom stereocenters. The van der Waals surface area contributed by atoms with Crippen LogP contribution in [-0.4, -0.2) is 6.54 Å². The molecule has 0 bridgehead atoms. The highest BCUT2D eigenvalue weighted by molar-refractivity contribution is 5.24. The van der Waals surface area contributed by atoms with Crippen LogP contribution in [0.5, 0.6) is 0 Å². The van der Waals surface area contributed by atoms with Crippen LogP contribution in [0.3, 0.4) is 0 Å². The Kier molecular flexibility index (Phi) is 4.83. The highest BCUT2D eigenvalue weighted by Crippen LogP contribution is 2.14. The van der Waals surface area contributed by atoms with E-state index in [9.17, 15) is 0 Å². The minimum Gasteiger partial charge on any atom is -0.310 e.